The van der Waals surface area contributed by atoms with Crippen LogP contribution in [0.15, 0.2) is 53.5 Å². The lowest BCUT2D eigenvalue weighted by Crippen LogP contribution is -2.44. The first kappa shape index (κ1) is 26.0. The Morgan fingerprint density at radius 3 is 2.72 bits per heavy atom. The molecular weight excluding hydrogens is 468 g/mol. The highest BCUT2D eigenvalue weighted by Gasteiger charge is 2.21. The third kappa shape index (κ3) is 6.95. The van der Waals surface area contributed by atoms with E-state index in [0.717, 1.165) is 11.6 Å². The van der Waals surface area contributed by atoms with Gasteiger partial charge < -0.3 is 35.8 Å². The Morgan fingerprint density at radius 1 is 1.25 bits per heavy atom. The molecule has 6 N–H and O–H groups in total. The first-order valence-electron chi connectivity index (χ1n) is 11.2. The first-order valence-corrected chi connectivity index (χ1v) is 11.2. The Kier molecular flexibility index (Phi) is 8.44. The molecule has 0 aliphatic heterocycles. The van der Waals surface area contributed by atoms with Gasteiger partial charge in [-0.1, -0.05) is 12.1 Å². The summed E-state index contributed by atoms with van der Waals surface area (Å²) in [7, 11) is 0. The second-order valence-corrected chi connectivity index (χ2v) is 8.23. The standard InChI is InChI=1S/C24H28N6O6/c1-14(2)36-18-10-5-8-15-21(18)29-20(26-15)13-30-12-6-9-17(23(30)33)27-22(32)16(28-24(34)35)7-3-4-11-19(25)31/h4-6,8-12,14,16,28H,3,7,13H2,1-2H3,(H2,25,31)(H,26,29)(H,27,32)(H,34,35)/b11-4+. The van der Waals surface area contributed by atoms with Crippen molar-refractivity contribution in [2.24, 2.45) is 5.73 Å². The molecule has 3 rings (SSSR count). The van der Waals surface area contributed by atoms with Crippen molar-refractivity contribution in [2.45, 2.75) is 45.4 Å². The van der Waals surface area contributed by atoms with Crippen molar-refractivity contribution >= 4 is 34.6 Å². The number of carbonyl (C=O) groups is 3. The third-order valence-electron chi connectivity index (χ3n) is 5.00. The number of carbonyl (C=O) groups excluding carboxylic acids is 2. The number of hydrogen-bond donors (Lipinski definition) is 5. The lowest BCUT2D eigenvalue weighted by atomic mass is 10.1. The van der Waals surface area contributed by atoms with Gasteiger partial charge in [0.25, 0.3) is 5.56 Å². The molecule has 0 fully saturated rings. The van der Waals surface area contributed by atoms with Crippen LogP contribution >= 0.6 is 0 Å². The van der Waals surface area contributed by atoms with Gasteiger partial charge in [0, 0.05) is 6.20 Å². The van der Waals surface area contributed by atoms with Crippen LogP contribution in [-0.4, -0.2) is 49.7 Å². The molecule has 190 valence electrons. The molecular formula is C24H28N6O6. The average Bonchev–Trinajstić information content (AvgIpc) is 3.21. The summed E-state index contributed by atoms with van der Waals surface area (Å²) >= 11 is 0. The van der Waals surface area contributed by atoms with Gasteiger partial charge in [-0.3, -0.25) is 14.4 Å². The zero-order valence-corrected chi connectivity index (χ0v) is 19.9. The molecule has 36 heavy (non-hydrogen) atoms. The number of nitrogens with one attached hydrogen (secondary N) is 3. The van der Waals surface area contributed by atoms with Gasteiger partial charge in [0.1, 0.15) is 28.8 Å². The van der Waals surface area contributed by atoms with Gasteiger partial charge in [-0.15, -0.1) is 0 Å². The van der Waals surface area contributed by atoms with Gasteiger partial charge in [-0.25, -0.2) is 9.78 Å². The summed E-state index contributed by atoms with van der Waals surface area (Å²) in [5.74, 6) is -0.220. The molecule has 0 saturated carbocycles. The highest BCUT2D eigenvalue weighted by atomic mass is 16.5. The maximum absolute atomic E-state index is 13.0. The highest BCUT2D eigenvalue weighted by Crippen LogP contribution is 2.24. The fraction of sp³-hybridized carbons (Fsp3) is 0.292. The number of benzene rings is 1. The van der Waals surface area contributed by atoms with Gasteiger partial charge in [-0.2, -0.15) is 0 Å². The van der Waals surface area contributed by atoms with Gasteiger partial charge in [0.15, 0.2) is 0 Å². The summed E-state index contributed by atoms with van der Waals surface area (Å²) in [5.41, 5.74) is 5.91. The Bertz CT molecular complexity index is 1340. The van der Waals surface area contributed by atoms with E-state index in [-0.39, 0.29) is 31.2 Å². The Labute approximate surface area is 206 Å². The molecule has 0 bridgehead atoms. The van der Waals surface area contributed by atoms with Crippen molar-refractivity contribution in [3.63, 3.8) is 0 Å². The van der Waals surface area contributed by atoms with Crippen LogP contribution in [0.1, 0.15) is 32.5 Å². The number of ether oxygens (including phenoxy) is 1. The first-order chi connectivity index (χ1) is 17.1. The summed E-state index contributed by atoms with van der Waals surface area (Å²) in [6.07, 6.45) is 2.96. The van der Waals surface area contributed by atoms with Crippen molar-refractivity contribution in [2.75, 3.05) is 5.32 Å². The number of nitrogens with zero attached hydrogens (tertiary/aromatic N) is 2. The number of primary amides is 1. The average molecular weight is 497 g/mol. The molecule has 2 aromatic heterocycles. The van der Waals surface area contributed by atoms with Crippen molar-refractivity contribution in [1.82, 2.24) is 19.9 Å². The van der Waals surface area contributed by atoms with Crippen molar-refractivity contribution in [3.05, 3.63) is 64.9 Å². The lowest BCUT2D eigenvalue weighted by Gasteiger charge is -2.16. The summed E-state index contributed by atoms with van der Waals surface area (Å²) in [6.45, 7) is 3.94. The molecule has 1 atom stereocenters. The maximum Gasteiger partial charge on any atom is 0.405 e. The second kappa shape index (κ2) is 11.7. The van der Waals surface area contributed by atoms with Crippen LogP contribution in [0.2, 0.25) is 0 Å². The van der Waals surface area contributed by atoms with Crippen LogP contribution in [0, 0.1) is 0 Å². The van der Waals surface area contributed by atoms with Crippen LogP contribution in [0.25, 0.3) is 11.0 Å². The number of carboxylic acid groups (broad SMARTS) is 1. The van der Waals surface area contributed by atoms with Crippen LogP contribution in [0.4, 0.5) is 10.5 Å². The molecule has 3 amide bonds. The third-order valence-corrected chi connectivity index (χ3v) is 5.00. The highest BCUT2D eigenvalue weighted by molar-refractivity contribution is 5.96. The number of aromatic amines is 1. The number of pyridine rings is 1. The number of allylic oxidation sites excluding steroid dienone is 1. The molecule has 1 unspecified atom stereocenters. The molecule has 0 radical (unpaired) electrons. The van der Waals surface area contributed by atoms with Crippen LogP contribution in [-0.2, 0) is 16.1 Å². The van der Waals surface area contributed by atoms with Gasteiger partial charge in [-0.05, 0) is 57.0 Å². The summed E-state index contributed by atoms with van der Waals surface area (Å²) in [4.78, 5) is 55.4. The van der Waals surface area contributed by atoms with Crippen molar-refractivity contribution in [3.8, 4) is 5.75 Å². The van der Waals surface area contributed by atoms with Crippen LogP contribution in [0.3, 0.4) is 0 Å². The normalized spacial score (nSPS) is 12.1. The number of amides is 3. The predicted molar refractivity (Wildman–Crippen MR) is 133 cm³/mol. The van der Waals surface area contributed by atoms with E-state index in [9.17, 15) is 19.2 Å². The smallest absolute Gasteiger partial charge is 0.405 e. The Morgan fingerprint density at radius 2 is 2.03 bits per heavy atom. The lowest BCUT2D eigenvalue weighted by molar-refractivity contribution is -0.118. The van der Waals surface area contributed by atoms with E-state index >= 15 is 0 Å². The number of imidazole rings is 1. The minimum absolute atomic E-state index is 0.0210. The largest absolute Gasteiger partial charge is 0.489 e. The van der Waals surface area contributed by atoms with Crippen molar-refractivity contribution in [1.29, 1.82) is 0 Å². The predicted octanol–water partition coefficient (Wildman–Crippen LogP) is 1.96. The van der Waals surface area contributed by atoms with E-state index in [1.165, 1.54) is 16.7 Å². The van der Waals surface area contributed by atoms with Crippen LogP contribution in [0.5, 0.6) is 5.75 Å². The number of aromatic nitrogens is 3. The van der Waals surface area contributed by atoms with E-state index in [4.69, 9.17) is 15.6 Å². The zero-order chi connectivity index (χ0) is 26.2. The topological polar surface area (TPSA) is 181 Å². The number of nitrogens with two attached hydrogens (primary N) is 1. The number of anilines is 1. The number of hydrogen-bond acceptors (Lipinski definition) is 6. The molecule has 12 heteroatoms. The minimum Gasteiger partial charge on any atom is -0.489 e. The summed E-state index contributed by atoms with van der Waals surface area (Å²) < 4.78 is 7.17. The number of para-hydroxylation sites is 1. The number of H-pyrrole nitrogens is 1. The Hall–Kier alpha value is -4.61. The molecule has 1 aromatic carbocycles. The van der Waals surface area contributed by atoms with Crippen molar-refractivity contribution < 1.29 is 24.2 Å². The molecule has 0 aliphatic rings. The van der Waals surface area contributed by atoms with E-state index in [2.05, 4.69) is 20.6 Å². The van der Waals surface area contributed by atoms with E-state index in [1.54, 1.807) is 12.3 Å². The van der Waals surface area contributed by atoms with E-state index in [1.807, 2.05) is 32.0 Å². The fourth-order valence-corrected chi connectivity index (χ4v) is 3.50. The summed E-state index contributed by atoms with van der Waals surface area (Å²) in [6, 6.07) is 7.38. The monoisotopic (exact) mass is 496 g/mol. The quantitative estimate of drug-likeness (QED) is 0.251. The number of rotatable bonds is 11. The van der Waals surface area contributed by atoms with Gasteiger partial charge in [0.2, 0.25) is 11.8 Å². The fourth-order valence-electron chi connectivity index (χ4n) is 3.50. The molecule has 2 heterocycles. The van der Waals surface area contributed by atoms with E-state index < -0.39 is 29.5 Å². The second-order valence-electron chi connectivity index (χ2n) is 8.23. The molecule has 0 spiro atoms. The Balaban J connectivity index is 1.77. The summed E-state index contributed by atoms with van der Waals surface area (Å²) in [5, 5.41) is 13.7. The number of fused-ring (bicyclic) bond motifs is 1. The van der Waals surface area contributed by atoms with Gasteiger partial charge >= 0.3 is 6.09 Å². The van der Waals surface area contributed by atoms with E-state index in [0.29, 0.717) is 17.1 Å². The van der Waals surface area contributed by atoms with Crippen LogP contribution < -0.4 is 26.7 Å². The molecule has 3 aromatic rings. The minimum atomic E-state index is -1.40. The zero-order valence-electron chi connectivity index (χ0n) is 19.9. The maximum atomic E-state index is 13.0. The van der Waals surface area contributed by atoms with Gasteiger partial charge in [0.05, 0.1) is 18.2 Å². The molecule has 12 nitrogen and oxygen atoms in total. The molecule has 0 aliphatic carbocycles. The molecule has 0 saturated heterocycles. The SMILES string of the molecule is CC(C)Oc1cccc2[nH]c(Cn3cccc(NC(=O)C(CC/C=C/C(N)=O)NC(=O)O)c3=O)nc12.